The number of hydrogen-bond acceptors (Lipinski definition) is 4. The lowest BCUT2D eigenvalue weighted by Gasteiger charge is -2.28. The molecule has 2 aromatic carbocycles. The monoisotopic (exact) mass is 387 g/mol. The second-order valence-corrected chi connectivity index (χ2v) is 7.61. The largest absolute Gasteiger partial charge is 0.478 e. The van der Waals surface area contributed by atoms with Crippen LogP contribution in [-0.4, -0.2) is 23.2 Å². The highest BCUT2D eigenvalue weighted by Crippen LogP contribution is 2.28. The number of carbonyl (C=O) groups is 1. The number of hydrogen-bond donors (Lipinski definition) is 2. The zero-order valence-corrected chi connectivity index (χ0v) is 16.2. The fourth-order valence-corrected chi connectivity index (χ4v) is 2.77. The molecule has 0 fully saturated rings. The molecule has 0 saturated carbocycles. The molecule has 0 radical (unpaired) electrons. The highest BCUT2D eigenvalue weighted by atomic mass is 35.5. The Morgan fingerprint density at radius 2 is 1.81 bits per heavy atom. The maximum atomic E-state index is 12.6. The second-order valence-electron chi connectivity index (χ2n) is 7.17. The number of amides is 1. The third-order valence-corrected chi connectivity index (χ3v) is 4.53. The van der Waals surface area contributed by atoms with E-state index in [1.165, 1.54) is 0 Å². The summed E-state index contributed by atoms with van der Waals surface area (Å²) in [5, 5.41) is 15.0. The number of aliphatic hydroxyl groups is 1. The minimum Gasteiger partial charge on any atom is -0.478 e. The average Bonchev–Trinajstić information content (AvgIpc) is 3.06. The average molecular weight is 388 g/mol. The highest BCUT2D eigenvalue weighted by molar-refractivity contribution is 6.30. The lowest BCUT2D eigenvalue weighted by molar-refractivity contribution is -0.135. The van der Waals surface area contributed by atoms with E-state index in [1.807, 2.05) is 24.3 Å². The molecule has 1 atom stereocenters. The van der Waals surface area contributed by atoms with Crippen LogP contribution in [0.3, 0.4) is 0 Å². The lowest BCUT2D eigenvalue weighted by Crippen LogP contribution is -2.50. The number of benzene rings is 2. The Kier molecular flexibility index (Phi) is 5.18. The maximum Gasteiger partial charge on any atom is 0.263 e. The molecule has 0 bridgehead atoms. The van der Waals surface area contributed by atoms with E-state index in [0.717, 1.165) is 5.39 Å². The predicted octanol–water partition coefficient (Wildman–Crippen LogP) is 4.27. The van der Waals surface area contributed by atoms with E-state index in [4.69, 9.17) is 20.8 Å². The van der Waals surface area contributed by atoms with Crippen molar-refractivity contribution >= 4 is 28.5 Å². The molecule has 2 N–H and O–H groups in total. The van der Waals surface area contributed by atoms with Gasteiger partial charge in [-0.1, -0.05) is 29.8 Å². The summed E-state index contributed by atoms with van der Waals surface area (Å²) in [7, 11) is 0. The summed E-state index contributed by atoms with van der Waals surface area (Å²) in [6.45, 7) is 4.90. The number of halogens is 1. The Bertz CT molecular complexity index is 911. The first-order chi connectivity index (χ1) is 12.7. The van der Waals surface area contributed by atoms with Crippen molar-refractivity contribution < 1.29 is 19.1 Å². The SMILES string of the molecule is CC(C)(Oc1ccc(Cl)cc1)C(=O)NCC(C)(O)c1cc2ccccc2o1. The van der Waals surface area contributed by atoms with Gasteiger partial charge >= 0.3 is 0 Å². The standard InChI is InChI=1S/C21H22ClNO4/c1-20(2,27-16-10-8-15(22)9-11-16)19(24)23-13-21(3,25)18-12-14-6-4-5-7-17(14)26-18/h4-12,25H,13H2,1-3H3,(H,23,24). The van der Waals surface area contributed by atoms with E-state index < -0.39 is 11.2 Å². The molecule has 3 rings (SSSR count). The molecule has 0 spiro atoms. The minimum atomic E-state index is -1.36. The Hall–Kier alpha value is -2.50. The number of nitrogens with one attached hydrogen (secondary N) is 1. The Labute approximate surface area is 162 Å². The molecule has 6 heteroatoms. The van der Waals surface area contributed by atoms with Gasteiger partial charge < -0.3 is 19.6 Å². The number of para-hydroxylation sites is 1. The van der Waals surface area contributed by atoms with Gasteiger partial charge in [0.25, 0.3) is 5.91 Å². The summed E-state index contributed by atoms with van der Waals surface area (Å²) in [6, 6.07) is 16.0. The molecule has 0 saturated heterocycles. The topological polar surface area (TPSA) is 71.7 Å². The molecule has 1 heterocycles. The zero-order valence-electron chi connectivity index (χ0n) is 15.5. The van der Waals surface area contributed by atoms with Gasteiger partial charge in [-0.2, -0.15) is 0 Å². The normalized spacial score (nSPS) is 14.0. The van der Waals surface area contributed by atoms with Crippen molar-refractivity contribution in [1.82, 2.24) is 5.32 Å². The molecule has 142 valence electrons. The van der Waals surface area contributed by atoms with Crippen LogP contribution in [0.2, 0.25) is 5.02 Å². The van der Waals surface area contributed by atoms with E-state index in [2.05, 4.69) is 5.32 Å². The van der Waals surface area contributed by atoms with E-state index in [1.54, 1.807) is 51.1 Å². The Morgan fingerprint density at radius 1 is 1.15 bits per heavy atom. The number of furan rings is 1. The van der Waals surface area contributed by atoms with Gasteiger partial charge in [0.15, 0.2) is 5.60 Å². The van der Waals surface area contributed by atoms with Crippen LogP contribution in [0.5, 0.6) is 5.75 Å². The fraction of sp³-hybridized carbons (Fsp3) is 0.286. The first-order valence-corrected chi connectivity index (χ1v) is 8.99. The van der Waals surface area contributed by atoms with Gasteiger partial charge in [0.1, 0.15) is 22.7 Å². The summed E-state index contributed by atoms with van der Waals surface area (Å²) >= 11 is 5.86. The van der Waals surface area contributed by atoms with Gasteiger partial charge in [0, 0.05) is 10.4 Å². The van der Waals surface area contributed by atoms with Crippen LogP contribution in [0.15, 0.2) is 59.0 Å². The van der Waals surface area contributed by atoms with E-state index in [-0.39, 0.29) is 12.5 Å². The summed E-state index contributed by atoms with van der Waals surface area (Å²) in [5.41, 5.74) is -1.80. The highest BCUT2D eigenvalue weighted by Gasteiger charge is 2.34. The van der Waals surface area contributed by atoms with Crippen LogP contribution in [0.25, 0.3) is 11.0 Å². The van der Waals surface area contributed by atoms with Crippen molar-refractivity contribution in [2.24, 2.45) is 0 Å². The number of rotatable bonds is 6. The summed E-state index contributed by atoms with van der Waals surface area (Å²) in [5.74, 6) is 0.567. The predicted molar refractivity (Wildman–Crippen MR) is 105 cm³/mol. The first kappa shape index (κ1) is 19.3. The van der Waals surface area contributed by atoms with Gasteiger partial charge in [-0.3, -0.25) is 4.79 Å². The summed E-state index contributed by atoms with van der Waals surface area (Å²) < 4.78 is 11.5. The van der Waals surface area contributed by atoms with Gasteiger partial charge in [-0.15, -0.1) is 0 Å². The fourth-order valence-electron chi connectivity index (χ4n) is 2.64. The van der Waals surface area contributed by atoms with E-state index in [9.17, 15) is 9.90 Å². The number of fused-ring (bicyclic) bond motifs is 1. The van der Waals surface area contributed by atoms with Crippen molar-refractivity contribution in [3.8, 4) is 5.75 Å². The molecule has 1 amide bonds. The van der Waals surface area contributed by atoms with Crippen LogP contribution in [-0.2, 0) is 10.4 Å². The lowest BCUT2D eigenvalue weighted by atomic mass is 10.0. The quantitative estimate of drug-likeness (QED) is 0.662. The third-order valence-electron chi connectivity index (χ3n) is 4.28. The summed E-state index contributed by atoms with van der Waals surface area (Å²) in [6.07, 6.45) is 0. The Balaban J connectivity index is 1.66. The van der Waals surface area contributed by atoms with Crippen LogP contribution < -0.4 is 10.1 Å². The van der Waals surface area contributed by atoms with Gasteiger partial charge in [0.05, 0.1) is 6.54 Å². The first-order valence-electron chi connectivity index (χ1n) is 8.62. The molecular weight excluding hydrogens is 366 g/mol. The molecule has 0 aliphatic carbocycles. The second kappa shape index (κ2) is 7.25. The number of carbonyl (C=O) groups excluding carboxylic acids is 1. The minimum absolute atomic E-state index is 0.0148. The van der Waals surface area contributed by atoms with Gasteiger partial charge in [0.2, 0.25) is 0 Å². The van der Waals surface area contributed by atoms with Gasteiger partial charge in [-0.05, 0) is 57.2 Å². The molecular formula is C21H22ClNO4. The molecule has 3 aromatic rings. The molecule has 1 unspecified atom stereocenters. The van der Waals surface area contributed by atoms with E-state index >= 15 is 0 Å². The van der Waals surface area contributed by atoms with Gasteiger partial charge in [-0.25, -0.2) is 0 Å². The van der Waals surface area contributed by atoms with Crippen molar-refractivity contribution in [2.45, 2.75) is 32.0 Å². The Morgan fingerprint density at radius 3 is 2.48 bits per heavy atom. The van der Waals surface area contributed by atoms with Crippen molar-refractivity contribution in [3.63, 3.8) is 0 Å². The third kappa shape index (κ3) is 4.43. The maximum absolute atomic E-state index is 12.6. The van der Waals surface area contributed by atoms with Crippen LogP contribution >= 0.6 is 11.6 Å². The van der Waals surface area contributed by atoms with Crippen LogP contribution in [0.4, 0.5) is 0 Å². The molecule has 27 heavy (non-hydrogen) atoms. The van der Waals surface area contributed by atoms with Crippen LogP contribution in [0, 0.1) is 0 Å². The van der Waals surface area contributed by atoms with E-state index in [0.29, 0.717) is 22.1 Å². The molecule has 1 aromatic heterocycles. The molecule has 0 aliphatic rings. The van der Waals surface area contributed by atoms with Crippen molar-refractivity contribution in [3.05, 3.63) is 65.4 Å². The molecule has 5 nitrogen and oxygen atoms in total. The smallest absolute Gasteiger partial charge is 0.263 e. The molecule has 0 aliphatic heterocycles. The van der Waals surface area contributed by atoms with Crippen molar-refractivity contribution in [1.29, 1.82) is 0 Å². The number of ether oxygens (including phenoxy) is 1. The zero-order chi connectivity index (χ0) is 19.7. The van der Waals surface area contributed by atoms with Crippen LogP contribution in [0.1, 0.15) is 26.5 Å². The summed E-state index contributed by atoms with van der Waals surface area (Å²) in [4.78, 5) is 12.6. The van der Waals surface area contributed by atoms with Crippen molar-refractivity contribution in [2.75, 3.05) is 6.54 Å².